The highest BCUT2D eigenvalue weighted by molar-refractivity contribution is 5.80. The lowest BCUT2D eigenvalue weighted by Gasteiger charge is -2.39. The first kappa shape index (κ1) is 19.0. The largest absolute Gasteiger partial charge is 0.394 e. The van der Waals surface area contributed by atoms with Crippen molar-refractivity contribution in [1.29, 1.82) is 0 Å². The number of aliphatic hydroxyl groups is 3. The molecule has 0 radical (unpaired) electrons. The van der Waals surface area contributed by atoms with Crippen molar-refractivity contribution in [2.45, 2.75) is 43.5 Å². The molecule has 3 heterocycles. The smallest absolute Gasteiger partial charge is 0.182 e. The number of aliphatic hydroxyl groups excluding tert-OH is 3. The van der Waals surface area contributed by atoms with Gasteiger partial charge < -0.3 is 25.4 Å². The number of aliphatic imine (C=N–C) groups is 1. The minimum Gasteiger partial charge on any atom is -0.394 e. The number of benzene rings is 1. The number of nitrogens with one attached hydrogen (secondary N) is 1. The molecule has 1 aromatic carbocycles. The zero-order valence-corrected chi connectivity index (χ0v) is 15.7. The van der Waals surface area contributed by atoms with Crippen molar-refractivity contribution in [2.75, 3.05) is 11.9 Å². The first-order chi connectivity index (χ1) is 13.4. The molecule has 0 bridgehead atoms. The highest BCUT2D eigenvalue weighted by Crippen LogP contribution is 2.45. The summed E-state index contributed by atoms with van der Waals surface area (Å²) in [5, 5.41) is 33.9. The summed E-state index contributed by atoms with van der Waals surface area (Å²) in [6, 6.07) is 9.38. The number of anilines is 1. The maximum atomic E-state index is 10.9. The molecule has 0 amide bonds. The topological polar surface area (TPSA) is 138 Å². The summed E-state index contributed by atoms with van der Waals surface area (Å²) in [5.74, 6) is 0.261. The van der Waals surface area contributed by atoms with Crippen LogP contribution in [-0.2, 0) is 16.1 Å². The minimum absolute atomic E-state index is 0.253. The van der Waals surface area contributed by atoms with Crippen LogP contribution in [0.1, 0.15) is 25.1 Å². The van der Waals surface area contributed by atoms with Gasteiger partial charge in [0.15, 0.2) is 11.4 Å². The first-order valence-electron chi connectivity index (χ1n) is 9.24. The lowest BCUT2D eigenvalue weighted by Crippen LogP contribution is -2.50. The van der Waals surface area contributed by atoms with Gasteiger partial charge in [0.2, 0.25) is 0 Å². The van der Waals surface area contributed by atoms with E-state index in [1.165, 1.54) is 12.7 Å². The van der Waals surface area contributed by atoms with E-state index in [-0.39, 0.29) is 5.92 Å². The number of nitrogens with zero attached hydrogens (tertiary/aromatic N) is 3. The summed E-state index contributed by atoms with van der Waals surface area (Å²) in [6.07, 6.45) is -0.411. The molecule has 1 fully saturated rings. The number of rotatable bonds is 4. The molecule has 2 aliphatic heterocycles. The number of hydrogen-bond donors (Lipinski definition) is 5. The van der Waals surface area contributed by atoms with Gasteiger partial charge in [-0.1, -0.05) is 44.2 Å². The Balaban J connectivity index is 1.86. The first-order valence-corrected chi connectivity index (χ1v) is 9.24. The van der Waals surface area contributed by atoms with E-state index in [1.54, 1.807) is 4.57 Å². The molecule has 4 rings (SSSR count). The molecule has 1 aromatic heterocycles. The molecule has 9 nitrogen and oxygen atoms in total. The van der Waals surface area contributed by atoms with Crippen molar-refractivity contribution in [3.8, 4) is 0 Å². The van der Waals surface area contributed by atoms with Crippen LogP contribution < -0.4 is 11.1 Å². The van der Waals surface area contributed by atoms with Gasteiger partial charge in [0.1, 0.15) is 29.8 Å². The van der Waals surface area contributed by atoms with Gasteiger partial charge in [-0.3, -0.25) is 10.3 Å². The van der Waals surface area contributed by atoms with E-state index >= 15 is 0 Å². The second-order valence-electron chi connectivity index (χ2n) is 7.53. The lowest BCUT2D eigenvalue weighted by molar-refractivity contribution is -0.174. The van der Waals surface area contributed by atoms with Gasteiger partial charge in [0, 0.05) is 11.5 Å². The third kappa shape index (κ3) is 2.44. The molecule has 0 spiro atoms. The van der Waals surface area contributed by atoms with E-state index in [4.69, 9.17) is 10.5 Å². The molecule has 5 atom stereocenters. The van der Waals surface area contributed by atoms with Gasteiger partial charge >= 0.3 is 0 Å². The molecule has 28 heavy (non-hydrogen) atoms. The predicted molar refractivity (Wildman–Crippen MR) is 103 cm³/mol. The van der Waals surface area contributed by atoms with E-state index in [9.17, 15) is 15.3 Å². The molecule has 2 aromatic rings. The zero-order chi connectivity index (χ0) is 20.1. The number of nitrogens with two attached hydrogens (primary N) is 1. The highest BCUT2D eigenvalue weighted by Gasteiger charge is 2.58. The molecule has 6 N–H and O–H groups in total. The Bertz CT molecular complexity index is 886. The molecule has 1 unspecified atom stereocenters. The van der Waals surface area contributed by atoms with E-state index in [0.717, 1.165) is 5.56 Å². The van der Waals surface area contributed by atoms with Crippen molar-refractivity contribution < 1.29 is 20.1 Å². The van der Waals surface area contributed by atoms with E-state index in [2.05, 4.69) is 15.3 Å². The fraction of sp³-hybridized carbons (Fsp3) is 0.474. The summed E-state index contributed by atoms with van der Waals surface area (Å²) >= 11 is 0. The maximum absolute atomic E-state index is 10.9. The molecule has 2 aliphatic rings. The summed E-state index contributed by atoms with van der Waals surface area (Å²) in [4.78, 5) is 8.91. The molecule has 150 valence electrons. The summed E-state index contributed by atoms with van der Waals surface area (Å²) < 4.78 is 7.66. The average Bonchev–Trinajstić information content (AvgIpc) is 3.24. The van der Waals surface area contributed by atoms with Crippen LogP contribution in [-0.4, -0.2) is 56.1 Å². The average molecular weight is 387 g/mol. The van der Waals surface area contributed by atoms with Crippen LogP contribution >= 0.6 is 0 Å². The minimum atomic E-state index is -1.33. The Morgan fingerprint density at radius 1 is 1.29 bits per heavy atom. The number of fused-ring (bicyclic) bond motifs is 1. The van der Waals surface area contributed by atoms with Crippen LogP contribution in [0, 0.1) is 5.92 Å². The summed E-state index contributed by atoms with van der Waals surface area (Å²) in [5.41, 5.74) is 5.33. The fourth-order valence-corrected chi connectivity index (χ4v) is 4.12. The Kier molecular flexibility index (Phi) is 4.52. The number of hydrogen-bond acceptors (Lipinski definition) is 8. The molecule has 9 heteroatoms. The maximum Gasteiger partial charge on any atom is 0.182 e. The van der Waals surface area contributed by atoms with Crippen LogP contribution in [0.2, 0.25) is 0 Å². The molecule has 0 aliphatic carbocycles. The summed E-state index contributed by atoms with van der Waals surface area (Å²) in [6.45, 7) is 3.32. The van der Waals surface area contributed by atoms with Crippen molar-refractivity contribution in [3.05, 3.63) is 47.9 Å². The van der Waals surface area contributed by atoms with Crippen LogP contribution in [0.4, 0.5) is 5.82 Å². The second kappa shape index (κ2) is 6.64. The van der Waals surface area contributed by atoms with Gasteiger partial charge in [-0.25, -0.2) is 9.98 Å². The Hall–Kier alpha value is -2.30. The SMILES string of the molecule is CC(C)[C@@]1(n2cnc3c2NC=NC3(N)c2ccccc2)O[C@H](CO)[C@@H](O)[C@H]1O. The summed E-state index contributed by atoms with van der Waals surface area (Å²) in [7, 11) is 0. The molecule has 1 saturated heterocycles. The zero-order valence-electron chi connectivity index (χ0n) is 15.7. The van der Waals surface area contributed by atoms with E-state index in [0.29, 0.717) is 11.5 Å². The monoisotopic (exact) mass is 387 g/mol. The normalized spacial score (nSPS) is 34.5. The lowest BCUT2D eigenvalue weighted by atomic mass is 9.91. The van der Waals surface area contributed by atoms with Crippen LogP contribution in [0.5, 0.6) is 0 Å². The Morgan fingerprint density at radius 2 is 2.00 bits per heavy atom. The van der Waals surface area contributed by atoms with E-state index < -0.39 is 36.3 Å². The Morgan fingerprint density at radius 3 is 2.61 bits per heavy atom. The molecular formula is C19H25N5O4. The van der Waals surface area contributed by atoms with Crippen LogP contribution in [0.25, 0.3) is 0 Å². The van der Waals surface area contributed by atoms with Gasteiger partial charge in [-0.05, 0) is 0 Å². The quantitative estimate of drug-likeness (QED) is 0.494. The van der Waals surface area contributed by atoms with Gasteiger partial charge in [0.05, 0.1) is 19.3 Å². The van der Waals surface area contributed by atoms with Crippen molar-refractivity contribution in [3.63, 3.8) is 0 Å². The fourth-order valence-electron chi connectivity index (χ4n) is 4.12. The Labute approximate surface area is 162 Å². The molecular weight excluding hydrogens is 362 g/mol. The van der Waals surface area contributed by atoms with Crippen LogP contribution in [0.3, 0.4) is 0 Å². The van der Waals surface area contributed by atoms with Gasteiger partial charge in [-0.2, -0.15) is 0 Å². The second-order valence-corrected chi connectivity index (χ2v) is 7.53. The van der Waals surface area contributed by atoms with Crippen molar-refractivity contribution in [2.24, 2.45) is 16.6 Å². The van der Waals surface area contributed by atoms with Gasteiger partial charge in [0.25, 0.3) is 0 Å². The molecule has 0 saturated carbocycles. The van der Waals surface area contributed by atoms with E-state index in [1.807, 2.05) is 44.2 Å². The highest BCUT2D eigenvalue weighted by atomic mass is 16.6. The van der Waals surface area contributed by atoms with Crippen LogP contribution in [0.15, 0.2) is 41.7 Å². The number of aromatic nitrogens is 2. The van der Waals surface area contributed by atoms with Gasteiger partial charge in [-0.15, -0.1) is 0 Å². The predicted octanol–water partition coefficient (Wildman–Crippen LogP) is -0.0816. The standard InChI is InChI=1S/C19H25N5O4/c1-11(2)19(16(27)14(26)13(8-25)28-19)24-10-22-15-17(24)21-9-23-18(15,20)12-6-4-3-5-7-12/h3-7,9-11,13-14,16,25-27H,8,20H2,1-2H3,(H,21,23)/t13-,14-,16-,18?,19-/m1/s1. The number of ether oxygens (including phenoxy) is 1. The third-order valence-corrected chi connectivity index (χ3v) is 5.66. The number of imidazole rings is 1. The third-order valence-electron chi connectivity index (χ3n) is 5.66. The van der Waals surface area contributed by atoms with Crippen molar-refractivity contribution in [1.82, 2.24) is 9.55 Å². The van der Waals surface area contributed by atoms with Crippen molar-refractivity contribution >= 4 is 12.2 Å².